The van der Waals surface area contributed by atoms with Gasteiger partial charge < -0.3 is 10.1 Å². The van der Waals surface area contributed by atoms with Gasteiger partial charge in [-0.3, -0.25) is 9.59 Å². The van der Waals surface area contributed by atoms with E-state index in [2.05, 4.69) is 10.0 Å². The van der Waals surface area contributed by atoms with Crippen LogP contribution in [-0.4, -0.2) is 38.7 Å². The van der Waals surface area contributed by atoms with Crippen molar-refractivity contribution < 1.29 is 27.5 Å². The van der Waals surface area contributed by atoms with Crippen LogP contribution in [0.15, 0.2) is 53.4 Å². The van der Waals surface area contributed by atoms with Crippen LogP contribution in [0.1, 0.15) is 41.5 Å². The van der Waals surface area contributed by atoms with E-state index < -0.39 is 28.0 Å². The van der Waals surface area contributed by atoms with Crippen molar-refractivity contribution >= 4 is 33.9 Å². The summed E-state index contributed by atoms with van der Waals surface area (Å²) >= 11 is 0. The van der Waals surface area contributed by atoms with Crippen LogP contribution < -0.4 is 10.0 Å². The molecule has 1 atom stereocenters. The van der Waals surface area contributed by atoms with Gasteiger partial charge in [0.2, 0.25) is 10.0 Å². The Bertz CT molecular complexity index is 983. The molecule has 0 aliphatic carbocycles. The summed E-state index contributed by atoms with van der Waals surface area (Å²) in [6, 6.07) is 11.2. The SMILES string of the molecule is CC(C)NS(=O)(=O)c1ccc(NC(=O)[C@@H](C)OC(=O)c2ccc(C=O)cc2)cc1. The predicted octanol–water partition coefficient (Wildman–Crippen LogP) is 2.37. The van der Waals surface area contributed by atoms with Crippen LogP contribution in [0, 0.1) is 0 Å². The highest BCUT2D eigenvalue weighted by molar-refractivity contribution is 7.89. The van der Waals surface area contributed by atoms with Crippen LogP contribution >= 0.6 is 0 Å². The molecule has 2 aromatic rings. The topological polar surface area (TPSA) is 119 Å². The number of hydrogen-bond donors (Lipinski definition) is 2. The predicted molar refractivity (Wildman–Crippen MR) is 107 cm³/mol. The van der Waals surface area contributed by atoms with E-state index >= 15 is 0 Å². The highest BCUT2D eigenvalue weighted by Gasteiger charge is 2.20. The first-order valence-corrected chi connectivity index (χ1v) is 10.3. The first-order chi connectivity index (χ1) is 13.6. The van der Waals surface area contributed by atoms with Gasteiger partial charge in [0.15, 0.2) is 6.10 Å². The number of aldehydes is 1. The van der Waals surface area contributed by atoms with Crippen molar-refractivity contribution in [2.45, 2.75) is 37.8 Å². The molecule has 0 aliphatic rings. The van der Waals surface area contributed by atoms with Crippen LogP contribution in [0.4, 0.5) is 5.69 Å². The number of amides is 1. The Labute approximate surface area is 169 Å². The molecule has 0 spiro atoms. The van der Waals surface area contributed by atoms with Crippen LogP contribution in [0.3, 0.4) is 0 Å². The number of esters is 1. The molecule has 0 aliphatic heterocycles. The fourth-order valence-corrected chi connectivity index (χ4v) is 3.57. The first-order valence-electron chi connectivity index (χ1n) is 8.82. The van der Waals surface area contributed by atoms with Gasteiger partial charge in [0.25, 0.3) is 5.91 Å². The molecule has 2 aromatic carbocycles. The van der Waals surface area contributed by atoms with Gasteiger partial charge in [-0.2, -0.15) is 0 Å². The van der Waals surface area contributed by atoms with Gasteiger partial charge in [-0.25, -0.2) is 17.9 Å². The number of carbonyl (C=O) groups is 3. The summed E-state index contributed by atoms with van der Waals surface area (Å²) < 4.78 is 31.8. The van der Waals surface area contributed by atoms with Gasteiger partial charge in [-0.05, 0) is 57.2 Å². The molecule has 0 heterocycles. The van der Waals surface area contributed by atoms with Gasteiger partial charge in [0, 0.05) is 17.3 Å². The lowest BCUT2D eigenvalue weighted by atomic mass is 10.1. The zero-order chi connectivity index (χ0) is 21.6. The molecular formula is C20H22N2O6S. The van der Waals surface area contributed by atoms with Gasteiger partial charge in [-0.1, -0.05) is 12.1 Å². The van der Waals surface area contributed by atoms with E-state index in [0.29, 0.717) is 17.5 Å². The smallest absolute Gasteiger partial charge is 0.338 e. The molecule has 9 heteroatoms. The quantitative estimate of drug-likeness (QED) is 0.502. The average molecular weight is 418 g/mol. The second-order valence-electron chi connectivity index (χ2n) is 6.58. The van der Waals surface area contributed by atoms with E-state index in [0.717, 1.165) is 0 Å². The monoisotopic (exact) mass is 418 g/mol. The number of nitrogens with one attached hydrogen (secondary N) is 2. The van der Waals surface area contributed by atoms with E-state index in [1.165, 1.54) is 55.5 Å². The molecule has 154 valence electrons. The number of sulfonamides is 1. The minimum atomic E-state index is -3.63. The summed E-state index contributed by atoms with van der Waals surface area (Å²) in [7, 11) is -3.63. The molecule has 8 nitrogen and oxygen atoms in total. The van der Waals surface area contributed by atoms with E-state index in [1.807, 2.05) is 0 Å². The van der Waals surface area contributed by atoms with E-state index in [4.69, 9.17) is 4.74 Å². The normalized spacial score (nSPS) is 12.3. The fourth-order valence-electron chi connectivity index (χ4n) is 2.32. The summed E-state index contributed by atoms with van der Waals surface area (Å²) in [5.74, 6) is -1.27. The lowest BCUT2D eigenvalue weighted by Gasteiger charge is -2.14. The largest absolute Gasteiger partial charge is 0.449 e. The molecule has 1 amide bonds. The van der Waals surface area contributed by atoms with Gasteiger partial charge in [0.1, 0.15) is 6.29 Å². The highest BCUT2D eigenvalue weighted by atomic mass is 32.2. The number of hydrogen-bond acceptors (Lipinski definition) is 6. The summed E-state index contributed by atoms with van der Waals surface area (Å²) in [4.78, 5) is 35.0. The molecule has 2 N–H and O–H groups in total. The molecular weight excluding hydrogens is 396 g/mol. The molecule has 2 rings (SSSR count). The summed E-state index contributed by atoms with van der Waals surface area (Å²) in [6.45, 7) is 4.84. The lowest BCUT2D eigenvalue weighted by molar-refractivity contribution is -0.123. The average Bonchev–Trinajstić information content (AvgIpc) is 2.67. The van der Waals surface area contributed by atoms with Crippen molar-refractivity contribution in [2.24, 2.45) is 0 Å². The van der Waals surface area contributed by atoms with Crippen molar-refractivity contribution in [3.8, 4) is 0 Å². The molecule has 0 saturated heterocycles. The zero-order valence-electron chi connectivity index (χ0n) is 16.2. The van der Waals surface area contributed by atoms with Gasteiger partial charge in [-0.15, -0.1) is 0 Å². The summed E-state index contributed by atoms with van der Waals surface area (Å²) in [5.41, 5.74) is 0.987. The van der Waals surface area contributed by atoms with Crippen LogP contribution in [0.25, 0.3) is 0 Å². The first kappa shape index (κ1) is 22.3. The van der Waals surface area contributed by atoms with Gasteiger partial charge >= 0.3 is 5.97 Å². The standard InChI is InChI=1S/C20H22N2O6S/c1-13(2)22-29(26,27)18-10-8-17(9-11-18)21-19(24)14(3)28-20(25)16-6-4-15(12-23)5-7-16/h4-14,22H,1-3H3,(H,21,24)/t14-/m1/s1. The van der Waals surface area contributed by atoms with Crippen LogP contribution in [0.5, 0.6) is 0 Å². The van der Waals surface area contributed by atoms with Crippen molar-refractivity contribution in [3.05, 3.63) is 59.7 Å². The molecule has 0 radical (unpaired) electrons. The fraction of sp³-hybridized carbons (Fsp3) is 0.250. The maximum absolute atomic E-state index is 12.2. The van der Waals surface area contributed by atoms with Crippen LogP contribution in [-0.2, 0) is 19.6 Å². The summed E-state index contributed by atoms with van der Waals surface area (Å²) in [5, 5.41) is 2.56. The molecule has 29 heavy (non-hydrogen) atoms. The van der Waals surface area contributed by atoms with E-state index in [-0.39, 0.29) is 16.5 Å². The molecule has 0 unspecified atom stereocenters. The molecule has 0 saturated carbocycles. The maximum atomic E-state index is 12.2. The van der Waals surface area contributed by atoms with E-state index in [1.54, 1.807) is 13.8 Å². The molecule has 0 bridgehead atoms. The molecule has 0 aromatic heterocycles. The number of ether oxygens (including phenoxy) is 1. The second-order valence-corrected chi connectivity index (χ2v) is 8.29. The Morgan fingerprint density at radius 2 is 1.55 bits per heavy atom. The number of benzene rings is 2. The molecule has 0 fully saturated rings. The third kappa shape index (κ3) is 6.23. The van der Waals surface area contributed by atoms with Crippen molar-refractivity contribution in [2.75, 3.05) is 5.32 Å². The minimum absolute atomic E-state index is 0.0717. The van der Waals surface area contributed by atoms with Crippen molar-refractivity contribution in [1.82, 2.24) is 4.72 Å². The van der Waals surface area contributed by atoms with Crippen LogP contribution in [0.2, 0.25) is 0 Å². The third-order valence-corrected chi connectivity index (χ3v) is 5.43. The Morgan fingerprint density at radius 3 is 2.07 bits per heavy atom. The summed E-state index contributed by atoms with van der Waals surface area (Å²) in [6.07, 6.45) is -0.431. The Balaban J connectivity index is 1.98. The number of anilines is 1. The number of rotatable bonds is 8. The second kappa shape index (κ2) is 9.44. The van der Waals surface area contributed by atoms with Gasteiger partial charge in [0.05, 0.1) is 10.5 Å². The Kier molecular flexibility index (Phi) is 7.24. The maximum Gasteiger partial charge on any atom is 0.338 e. The minimum Gasteiger partial charge on any atom is -0.449 e. The Hall–Kier alpha value is -3.04. The lowest BCUT2D eigenvalue weighted by Crippen LogP contribution is -2.30. The number of carbonyl (C=O) groups excluding carboxylic acids is 3. The van der Waals surface area contributed by atoms with Crippen molar-refractivity contribution in [1.29, 1.82) is 0 Å². The third-order valence-electron chi connectivity index (χ3n) is 3.76. The van der Waals surface area contributed by atoms with Crippen molar-refractivity contribution in [3.63, 3.8) is 0 Å². The highest BCUT2D eigenvalue weighted by Crippen LogP contribution is 2.15. The Morgan fingerprint density at radius 1 is 0.966 bits per heavy atom. The zero-order valence-corrected chi connectivity index (χ0v) is 17.0. The van der Waals surface area contributed by atoms with E-state index in [9.17, 15) is 22.8 Å².